The fourth-order valence-corrected chi connectivity index (χ4v) is 4.25. The first-order valence-electron chi connectivity index (χ1n) is 8.63. The van der Waals surface area contributed by atoms with Crippen LogP contribution in [0.2, 0.25) is 0 Å². The number of benzene rings is 1. The first-order valence-corrected chi connectivity index (χ1v) is 9.68. The summed E-state index contributed by atoms with van der Waals surface area (Å²) in [5.74, 6) is 2.25. The summed E-state index contributed by atoms with van der Waals surface area (Å²) in [5.41, 5.74) is 3.91. The van der Waals surface area contributed by atoms with E-state index in [2.05, 4.69) is 54.0 Å². The molecule has 1 aromatic rings. The number of nitrogens with one attached hydrogen (secondary N) is 1. The van der Waals surface area contributed by atoms with Crippen LogP contribution in [-0.2, 0) is 24.5 Å². The predicted octanol–water partition coefficient (Wildman–Crippen LogP) is 3.01. The van der Waals surface area contributed by atoms with Gasteiger partial charge in [0, 0.05) is 30.6 Å². The minimum Gasteiger partial charge on any atom is -0.372 e. The maximum absolute atomic E-state index is 5.49. The summed E-state index contributed by atoms with van der Waals surface area (Å²) >= 11 is 2.09. The summed E-state index contributed by atoms with van der Waals surface area (Å²) in [6.07, 6.45) is 1.23. The zero-order valence-corrected chi connectivity index (χ0v) is 15.0. The fraction of sp³-hybridized carbons (Fsp3) is 0.611. The molecule has 4 nitrogen and oxygen atoms in total. The van der Waals surface area contributed by atoms with Gasteiger partial charge in [-0.15, -0.1) is 0 Å². The molecule has 0 spiro atoms. The number of hydrogen-bond acceptors (Lipinski definition) is 3. The zero-order valence-electron chi connectivity index (χ0n) is 14.2. The molecular formula is C18H27N3OS. The molecule has 1 unspecified atom stereocenters. The number of fused-ring (bicyclic) bond motifs is 1. The molecule has 1 fully saturated rings. The largest absolute Gasteiger partial charge is 0.372 e. The molecule has 1 saturated heterocycles. The minimum atomic E-state index is 0.727. The Balaban J connectivity index is 1.68. The zero-order chi connectivity index (χ0) is 16.1. The molecule has 0 saturated carbocycles. The van der Waals surface area contributed by atoms with Crippen LogP contribution in [0.3, 0.4) is 0 Å². The van der Waals surface area contributed by atoms with Crippen molar-refractivity contribution in [1.29, 1.82) is 0 Å². The number of thioether (sulfide) groups is 1. The summed E-state index contributed by atoms with van der Waals surface area (Å²) in [6.45, 7) is 9.75. The van der Waals surface area contributed by atoms with Gasteiger partial charge in [0.2, 0.25) is 0 Å². The van der Waals surface area contributed by atoms with Crippen molar-refractivity contribution in [2.45, 2.75) is 45.3 Å². The van der Waals surface area contributed by atoms with E-state index in [1.807, 2.05) is 0 Å². The second-order valence-corrected chi connectivity index (χ2v) is 7.52. The molecule has 0 aliphatic carbocycles. The van der Waals surface area contributed by atoms with E-state index in [0.717, 1.165) is 50.6 Å². The van der Waals surface area contributed by atoms with Gasteiger partial charge in [-0.2, -0.15) is 11.8 Å². The Bertz CT molecular complexity index is 561. The van der Waals surface area contributed by atoms with Gasteiger partial charge >= 0.3 is 0 Å². The van der Waals surface area contributed by atoms with E-state index in [0.29, 0.717) is 0 Å². The van der Waals surface area contributed by atoms with Gasteiger partial charge < -0.3 is 15.0 Å². The standard InChI is InChI=1S/C18H27N3OS/c1-3-17-11-21(7-8-23-17)18(19-4-2)20-10-14-5-6-15-12-22-13-16(15)9-14/h5-6,9,17H,3-4,7-8,10-13H2,1-2H3,(H,19,20). The van der Waals surface area contributed by atoms with Gasteiger partial charge in [0.25, 0.3) is 0 Å². The van der Waals surface area contributed by atoms with E-state index in [1.54, 1.807) is 0 Å². The lowest BCUT2D eigenvalue weighted by atomic mass is 10.1. The topological polar surface area (TPSA) is 36.9 Å². The third-order valence-corrected chi connectivity index (χ3v) is 5.80. The van der Waals surface area contributed by atoms with Crippen LogP contribution >= 0.6 is 11.8 Å². The highest BCUT2D eigenvalue weighted by molar-refractivity contribution is 8.00. The highest BCUT2D eigenvalue weighted by Crippen LogP contribution is 2.22. The SMILES string of the molecule is CCNC(=NCc1ccc2c(c1)COC2)N1CCSC(CC)C1. The molecule has 0 aromatic heterocycles. The lowest BCUT2D eigenvalue weighted by Gasteiger charge is -2.34. The molecule has 1 aromatic carbocycles. The monoisotopic (exact) mass is 333 g/mol. The molecule has 0 bridgehead atoms. The number of ether oxygens (including phenoxy) is 1. The Hall–Kier alpha value is -1.20. The lowest BCUT2D eigenvalue weighted by molar-refractivity contribution is 0.134. The first-order chi connectivity index (χ1) is 11.3. The number of guanidine groups is 1. The molecule has 1 atom stereocenters. The number of aliphatic imine (C=N–C) groups is 1. The Morgan fingerprint density at radius 3 is 3.04 bits per heavy atom. The number of hydrogen-bond donors (Lipinski definition) is 1. The van der Waals surface area contributed by atoms with E-state index >= 15 is 0 Å². The van der Waals surface area contributed by atoms with Gasteiger partial charge in [-0.1, -0.05) is 25.1 Å². The third-order valence-electron chi connectivity index (χ3n) is 4.43. The summed E-state index contributed by atoms with van der Waals surface area (Å²) in [6, 6.07) is 6.61. The molecule has 126 valence electrons. The smallest absolute Gasteiger partial charge is 0.194 e. The van der Waals surface area contributed by atoms with Crippen LogP contribution in [0.15, 0.2) is 23.2 Å². The molecule has 0 radical (unpaired) electrons. The van der Waals surface area contributed by atoms with Crippen molar-refractivity contribution >= 4 is 17.7 Å². The van der Waals surface area contributed by atoms with Crippen LogP contribution in [0, 0.1) is 0 Å². The van der Waals surface area contributed by atoms with Crippen molar-refractivity contribution in [3.8, 4) is 0 Å². The van der Waals surface area contributed by atoms with Crippen LogP contribution in [-0.4, -0.2) is 41.5 Å². The third kappa shape index (κ3) is 4.21. The van der Waals surface area contributed by atoms with Crippen LogP contribution in [0.5, 0.6) is 0 Å². The highest BCUT2D eigenvalue weighted by atomic mass is 32.2. The first kappa shape index (κ1) is 16.7. The minimum absolute atomic E-state index is 0.727. The molecule has 2 heterocycles. The molecule has 5 heteroatoms. The van der Waals surface area contributed by atoms with Gasteiger partial charge in [0.1, 0.15) is 0 Å². The number of rotatable bonds is 4. The Labute approximate surface area is 143 Å². The Kier molecular flexibility index (Phi) is 5.84. The molecule has 0 amide bonds. The summed E-state index contributed by atoms with van der Waals surface area (Å²) in [4.78, 5) is 7.30. The van der Waals surface area contributed by atoms with Gasteiger partial charge in [0.05, 0.1) is 19.8 Å². The average Bonchev–Trinajstić information content (AvgIpc) is 3.06. The van der Waals surface area contributed by atoms with Crippen molar-refractivity contribution in [3.63, 3.8) is 0 Å². The number of nitrogens with zero attached hydrogens (tertiary/aromatic N) is 2. The van der Waals surface area contributed by atoms with E-state index in [1.165, 1.54) is 28.9 Å². The van der Waals surface area contributed by atoms with Gasteiger partial charge in [0.15, 0.2) is 5.96 Å². The fourth-order valence-electron chi connectivity index (χ4n) is 3.07. The summed E-state index contributed by atoms with van der Waals surface area (Å²) < 4.78 is 5.49. The van der Waals surface area contributed by atoms with Crippen molar-refractivity contribution in [2.75, 3.05) is 25.4 Å². The summed E-state index contributed by atoms with van der Waals surface area (Å²) in [5, 5.41) is 4.19. The van der Waals surface area contributed by atoms with Crippen molar-refractivity contribution in [2.24, 2.45) is 4.99 Å². The van der Waals surface area contributed by atoms with E-state index in [4.69, 9.17) is 9.73 Å². The van der Waals surface area contributed by atoms with E-state index in [9.17, 15) is 0 Å². The molecular weight excluding hydrogens is 306 g/mol. The maximum atomic E-state index is 5.49. The second-order valence-electron chi connectivity index (χ2n) is 6.11. The van der Waals surface area contributed by atoms with Crippen molar-refractivity contribution < 1.29 is 4.74 Å². The molecule has 23 heavy (non-hydrogen) atoms. The van der Waals surface area contributed by atoms with E-state index < -0.39 is 0 Å². The lowest BCUT2D eigenvalue weighted by Crippen LogP contribution is -2.48. The Morgan fingerprint density at radius 2 is 2.22 bits per heavy atom. The van der Waals surface area contributed by atoms with Gasteiger partial charge in [-0.3, -0.25) is 0 Å². The van der Waals surface area contributed by atoms with Crippen molar-refractivity contribution in [1.82, 2.24) is 10.2 Å². The molecule has 2 aliphatic rings. The maximum Gasteiger partial charge on any atom is 0.194 e. The summed E-state index contributed by atoms with van der Waals surface area (Å²) in [7, 11) is 0. The van der Waals surface area contributed by atoms with E-state index in [-0.39, 0.29) is 0 Å². The normalized spacial score (nSPS) is 21.4. The van der Waals surface area contributed by atoms with Gasteiger partial charge in [-0.25, -0.2) is 4.99 Å². The molecule has 2 aliphatic heterocycles. The molecule has 1 N–H and O–H groups in total. The Morgan fingerprint density at radius 1 is 1.35 bits per heavy atom. The second kappa shape index (κ2) is 8.06. The van der Waals surface area contributed by atoms with Crippen molar-refractivity contribution in [3.05, 3.63) is 34.9 Å². The highest BCUT2D eigenvalue weighted by Gasteiger charge is 2.21. The van der Waals surface area contributed by atoms with Crippen LogP contribution in [0.25, 0.3) is 0 Å². The average molecular weight is 334 g/mol. The van der Waals surface area contributed by atoms with Crippen LogP contribution < -0.4 is 5.32 Å². The van der Waals surface area contributed by atoms with Crippen LogP contribution in [0.4, 0.5) is 0 Å². The predicted molar refractivity (Wildman–Crippen MR) is 97.9 cm³/mol. The van der Waals surface area contributed by atoms with Crippen LogP contribution in [0.1, 0.15) is 37.0 Å². The molecule has 3 rings (SSSR count). The van der Waals surface area contributed by atoms with Gasteiger partial charge in [-0.05, 0) is 30.0 Å². The quantitative estimate of drug-likeness (QED) is 0.679.